The number of aliphatic imine (C=N–C) groups is 1. The van der Waals surface area contributed by atoms with Crippen LogP contribution < -0.4 is 20.7 Å². The highest BCUT2D eigenvalue weighted by molar-refractivity contribution is 6.30. The maximum absolute atomic E-state index is 5.93. The fourth-order valence-electron chi connectivity index (χ4n) is 3.09. The molecule has 0 saturated heterocycles. The molecule has 0 spiro atoms. The van der Waals surface area contributed by atoms with Gasteiger partial charge in [-0.05, 0) is 55.3 Å². The summed E-state index contributed by atoms with van der Waals surface area (Å²) in [4.78, 5) is 4.70. The number of hydrogen-bond donors (Lipinski definition) is 3. The summed E-state index contributed by atoms with van der Waals surface area (Å²) < 4.78 is 5.84. The molecule has 2 aromatic carbocycles. The molecule has 31 heavy (non-hydrogen) atoms. The van der Waals surface area contributed by atoms with Gasteiger partial charge in [-0.15, -0.1) is 0 Å². The van der Waals surface area contributed by atoms with Crippen molar-refractivity contribution in [3.05, 3.63) is 95.3 Å². The molecule has 1 heterocycles. The van der Waals surface area contributed by atoms with Gasteiger partial charge in [0.05, 0.1) is 0 Å². The molecule has 0 aromatic heterocycles. The highest BCUT2D eigenvalue weighted by Crippen LogP contribution is 2.16. The number of halogens is 1. The van der Waals surface area contributed by atoms with E-state index in [0.717, 1.165) is 47.2 Å². The summed E-state index contributed by atoms with van der Waals surface area (Å²) in [5.41, 5.74) is 3.90. The van der Waals surface area contributed by atoms with Crippen molar-refractivity contribution in [2.45, 2.75) is 26.4 Å². The summed E-state index contributed by atoms with van der Waals surface area (Å²) in [6, 6.07) is 17.5. The summed E-state index contributed by atoms with van der Waals surface area (Å²) in [5.74, 6) is 1.50. The second kappa shape index (κ2) is 11.3. The molecular formula is C25H29ClN4O. The van der Waals surface area contributed by atoms with Crippen LogP contribution in [0.3, 0.4) is 0 Å². The van der Waals surface area contributed by atoms with E-state index in [1.807, 2.05) is 49.4 Å². The predicted molar refractivity (Wildman–Crippen MR) is 130 cm³/mol. The summed E-state index contributed by atoms with van der Waals surface area (Å²) in [7, 11) is 0. The van der Waals surface area contributed by atoms with Crippen LogP contribution >= 0.6 is 11.6 Å². The molecule has 6 heteroatoms. The lowest BCUT2D eigenvalue weighted by atomic mass is 10.1. The summed E-state index contributed by atoms with van der Waals surface area (Å²) in [6.45, 7) is 9.61. The van der Waals surface area contributed by atoms with E-state index in [9.17, 15) is 0 Å². The molecule has 162 valence electrons. The average Bonchev–Trinajstić information content (AvgIpc) is 2.76. The zero-order chi connectivity index (χ0) is 22.1. The fraction of sp³-hybridized carbons (Fsp3) is 0.240. The quantitative estimate of drug-likeness (QED) is 0.479. The smallest absolute Gasteiger partial charge is 0.155 e. The molecular weight excluding hydrogens is 408 g/mol. The Kier molecular flexibility index (Phi) is 8.19. The van der Waals surface area contributed by atoms with Crippen LogP contribution in [0.1, 0.15) is 25.8 Å². The fourth-order valence-corrected chi connectivity index (χ4v) is 3.21. The van der Waals surface area contributed by atoms with Crippen molar-refractivity contribution in [2.75, 3.05) is 13.2 Å². The molecule has 1 atom stereocenters. The molecule has 1 aliphatic heterocycles. The van der Waals surface area contributed by atoms with Crippen molar-refractivity contribution >= 4 is 23.1 Å². The van der Waals surface area contributed by atoms with Gasteiger partial charge in [-0.25, -0.2) is 4.99 Å². The van der Waals surface area contributed by atoms with Gasteiger partial charge in [-0.1, -0.05) is 55.4 Å². The molecule has 3 rings (SSSR count). The van der Waals surface area contributed by atoms with E-state index in [2.05, 4.69) is 41.6 Å². The zero-order valence-electron chi connectivity index (χ0n) is 18.0. The van der Waals surface area contributed by atoms with Crippen molar-refractivity contribution in [3.8, 4) is 5.75 Å². The van der Waals surface area contributed by atoms with Crippen LogP contribution in [0.2, 0.25) is 5.02 Å². The molecule has 0 aliphatic carbocycles. The van der Waals surface area contributed by atoms with Crippen molar-refractivity contribution in [3.63, 3.8) is 0 Å². The van der Waals surface area contributed by atoms with Crippen molar-refractivity contribution in [1.82, 2.24) is 16.0 Å². The topological polar surface area (TPSA) is 57.7 Å². The number of benzene rings is 2. The van der Waals surface area contributed by atoms with Gasteiger partial charge in [0.25, 0.3) is 0 Å². The molecule has 1 aliphatic rings. The summed E-state index contributed by atoms with van der Waals surface area (Å²) in [6.07, 6.45) is 4.81. The first kappa shape index (κ1) is 22.5. The van der Waals surface area contributed by atoms with Crippen molar-refractivity contribution in [1.29, 1.82) is 0 Å². The van der Waals surface area contributed by atoms with Crippen LogP contribution in [0.5, 0.6) is 5.75 Å². The third-order valence-electron chi connectivity index (χ3n) is 4.52. The zero-order valence-corrected chi connectivity index (χ0v) is 18.7. The lowest BCUT2D eigenvalue weighted by Crippen LogP contribution is -2.38. The first-order valence-corrected chi connectivity index (χ1v) is 10.8. The second-order valence-electron chi connectivity index (χ2n) is 7.27. The molecule has 2 aromatic rings. The molecule has 1 unspecified atom stereocenters. The number of ether oxygens (including phenoxy) is 1. The minimum Gasteiger partial charge on any atom is -0.489 e. The van der Waals surface area contributed by atoms with Crippen LogP contribution in [-0.4, -0.2) is 25.2 Å². The van der Waals surface area contributed by atoms with Gasteiger partial charge in [0.15, 0.2) is 6.17 Å². The SMILES string of the molecule is C=C(/C=C(\NCCC)c1ccccc1)NC1=NC(COc2ccc(Cl)cc2)NC(C)=C1. The molecule has 3 N–H and O–H groups in total. The molecule has 5 nitrogen and oxygen atoms in total. The van der Waals surface area contributed by atoms with E-state index in [1.54, 1.807) is 12.1 Å². The van der Waals surface area contributed by atoms with E-state index in [-0.39, 0.29) is 6.17 Å². The van der Waals surface area contributed by atoms with E-state index < -0.39 is 0 Å². The number of rotatable bonds is 9. The van der Waals surface area contributed by atoms with Crippen LogP contribution in [0.25, 0.3) is 5.70 Å². The number of nitrogens with zero attached hydrogens (tertiary/aromatic N) is 1. The van der Waals surface area contributed by atoms with Gasteiger partial charge >= 0.3 is 0 Å². The molecule has 0 fully saturated rings. The average molecular weight is 437 g/mol. The van der Waals surface area contributed by atoms with Gasteiger partial charge in [0.2, 0.25) is 0 Å². The Labute approximate surface area is 189 Å². The molecule has 0 saturated carbocycles. The molecule has 0 amide bonds. The van der Waals surface area contributed by atoms with Gasteiger partial charge in [0, 0.05) is 28.7 Å². The number of allylic oxidation sites excluding steroid dienone is 2. The monoisotopic (exact) mass is 436 g/mol. The van der Waals surface area contributed by atoms with Crippen LogP contribution in [0.4, 0.5) is 0 Å². The molecule has 0 radical (unpaired) electrons. The van der Waals surface area contributed by atoms with E-state index >= 15 is 0 Å². The number of hydrogen-bond acceptors (Lipinski definition) is 5. The number of nitrogens with one attached hydrogen (secondary N) is 3. The first-order valence-electron chi connectivity index (χ1n) is 10.4. The number of amidine groups is 1. The van der Waals surface area contributed by atoms with E-state index in [0.29, 0.717) is 11.6 Å². The largest absolute Gasteiger partial charge is 0.489 e. The minimum absolute atomic E-state index is 0.202. The van der Waals surface area contributed by atoms with E-state index in [1.165, 1.54) is 0 Å². The minimum atomic E-state index is -0.202. The third kappa shape index (κ3) is 7.23. The Morgan fingerprint density at radius 1 is 1.19 bits per heavy atom. The lowest BCUT2D eigenvalue weighted by molar-refractivity contribution is 0.275. The van der Waals surface area contributed by atoms with Crippen molar-refractivity contribution in [2.24, 2.45) is 4.99 Å². The Hall–Kier alpha value is -3.18. The maximum atomic E-state index is 5.93. The Morgan fingerprint density at radius 3 is 2.65 bits per heavy atom. The predicted octanol–water partition coefficient (Wildman–Crippen LogP) is 5.09. The van der Waals surface area contributed by atoms with Gasteiger partial charge in [-0.2, -0.15) is 0 Å². The van der Waals surface area contributed by atoms with Crippen molar-refractivity contribution < 1.29 is 4.74 Å². The first-order chi connectivity index (χ1) is 15.0. The molecule has 0 bridgehead atoms. The Balaban J connectivity index is 1.66. The third-order valence-corrected chi connectivity index (χ3v) is 4.77. The van der Waals surface area contributed by atoms with Crippen LogP contribution in [0.15, 0.2) is 89.7 Å². The summed E-state index contributed by atoms with van der Waals surface area (Å²) >= 11 is 5.93. The standard InChI is InChI=1S/C25H29ClN4O/c1-4-14-27-23(20-8-6-5-7-9-20)15-18(2)28-24-16-19(3)29-25(30-24)17-31-22-12-10-21(26)11-13-22/h5-13,15-16,25,27,29H,2,4,14,17H2,1,3H3,(H,28,30)/b23-15-. The van der Waals surface area contributed by atoms with Crippen LogP contribution in [-0.2, 0) is 0 Å². The highest BCUT2D eigenvalue weighted by atomic mass is 35.5. The Bertz CT molecular complexity index is 965. The normalized spacial score (nSPS) is 16.0. The Morgan fingerprint density at radius 2 is 1.94 bits per heavy atom. The van der Waals surface area contributed by atoms with Crippen LogP contribution in [0, 0.1) is 0 Å². The highest BCUT2D eigenvalue weighted by Gasteiger charge is 2.14. The van der Waals surface area contributed by atoms with Gasteiger partial charge in [-0.3, -0.25) is 0 Å². The lowest BCUT2D eigenvalue weighted by Gasteiger charge is -2.23. The van der Waals surface area contributed by atoms with E-state index in [4.69, 9.17) is 21.3 Å². The van der Waals surface area contributed by atoms with Gasteiger partial charge < -0.3 is 20.7 Å². The maximum Gasteiger partial charge on any atom is 0.155 e. The summed E-state index contributed by atoms with van der Waals surface area (Å²) in [5, 5.41) is 10.8. The second-order valence-corrected chi connectivity index (χ2v) is 7.70. The van der Waals surface area contributed by atoms with Gasteiger partial charge in [0.1, 0.15) is 18.2 Å².